The zero-order valence-corrected chi connectivity index (χ0v) is 12.6. The first-order valence-corrected chi connectivity index (χ1v) is 6.80. The molecule has 5 nitrogen and oxygen atoms in total. The Morgan fingerprint density at radius 2 is 1.55 bits per heavy atom. The minimum atomic E-state index is 0.299. The number of ether oxygens (including phenoxy) is 4. The average molecular weight is 302 g/mol. The molecule has 0 aliphatic rings. The Kier molecular flexibility index (Phi) is 5.65. The highest BCUT2D eigenvalue weighted by molar-refractivity contribution is 5.81. The molecule has 0 bridgehead atoms. The van der Waals surface area contributed by atoms with Gasteiger partial charge in [0.2, 0.25) is 0 Å². The monoisotopic (exact) mass is 302 g/mol. The molecule has 116 valence electrons. The van der Waals surface area contributed by atoms with Crippen LogP contribution in [0.2, 0.25) is 0 Å². The van der Waals surface area contributed by atoms with Crippen LogP contribution in [0.15, 0.2) is 42.5 Å². The van der Waals surface area contributed by atoms with Crippen molar-refractivity contribution in [1.29, 1.82) is 0 Å². The van der Waals surface area contributed by atoms with E-state index in [1.54, 1.807) is 25.3 Å². The lowest BCUT2D eigenvalue weighted by Gasteiger charge is -2.13. The van der Waals surface area contributed by atoms with Gasteiger partial charge in [0.05, 0.1) is 19.8 Å². The van der Waals surface area contributed by atoms with Gasteiger partial charge >= 0.3 is 0 Å². The number of para-hydroxylation sites is 1. The number of hydrogen-bond acceptors (Lipinski definition) is 5. The van der Waals surface area contributed by atoms with Gasteiger partial charge in [-0.3, -0.25) is 4.79 Å². The van der Waals surface area contributed by atoms with E-state index < -0.39 is 0 Å². The number of carbonyl (C=O) groups excluding carboxylic acids is 1. The molecule has 0 atom stereocenters. The molecule has 0 fully saturated rings. The molecule has 0 amide bonds. The van der Waals surface area contributed by atoms with Gasteiger partial charge < -0.3 is 18.9 Å². The van der Waals surface area contributed by atoms with Crippen LogP contribution in [0.4, 0.5) is 0 Å². The second-order valence-corrected chi connectivity index (χ2v) is 4.37. The van der Waals surface area contributed by atoms with E-state index in [9.17, 15) is 4.79 Å². The summed E-state index contributed by atoms with van der Waals surface area (Å²) in [6.07, 6.45) is 0.738. The van der Waals surface area contributed by atoms with Gasteiger partial charge in [-0.15, -0.1) is 0 Å². The van der Waals surface area contributed by atoms with E-state index in [2.05, 4.69) is 0 Å². The highest BCUT2D eigenvalue weighted by Gasteiger charge is 2.09. The number of methoxy groups -OCH3 is 2. The minimum Gasteiger partial charge on any atom is -0.497 e. The second-order valence-electron chi connectivity index (χ2n) is 4.37. The van der Waals surface area contributed by atoms with Crippen LogP contribution in [0.25, 0.3) is 0 Å². The lowest BCUT2D eigenvalue weighted by molar-refractivity contribution is 0.111. The van der Waals surface area contributed by atoms with Crippen LogP contribution in [-0.2, 0) is 0 Å². The summed E-state index contributed by atoms with van der Waals surface area (Å²) < 4.78 is 21.4. The first-order valence-electron chi connectivity index (χ1n) is 6.80. The van der Waals surface area contributed by atoms with Crippen LogP contribution in [0.1, 0.15) is 10.4 Å². The van der Waals surface area contributed by atoms with E-state index in [0.29, 0.717) is 30.3 Å². The van der Waals surface area contributed by atoms with Gasteiger partial charge in [-0.1, -0.05) is 6.07 Å². The van der Waals surface area contributed by atoms with Crippen LogP contribution in [-0.4, -0.2) is 33.7 Å². The second kappa shape index (κ2) is 7.93. The van der Waals surface area contributed by atoms with Crippen LogP contribution in [0.5, 0.6) is 23.0 Å². The molecular formula is C17H18O5. The average Bonchev–Trinajstić information content (AvgIpc) is 2.59. The number of aldehydes is 1. The molecule has 0 saturated heterocycles. The summed E-state index contributed by atoms with van der Waals surface area (Å²) in [5, 5.41) is 0. The lowest BCUT2D eigenvalue weighted by Crippen LogP contribution is -2.10. The van der Waals surface area contributed by atoms with E-state index >= 15 is 0 Å². The van der Waals surface area contributed by atoms with Crippen molar-refractivity contribution in [2.45, 2.75) is 0 Å². The lowest BCUT2D eigenvalue weighted by atomic mass is 10.2. The van der Waals surface area contributed by atoms with Crippen molar-refractivity contribution in [2.24, 2.45) is 0 Å². The number of carbonyl (C=O) groups is 1. The van der Waals surface area contributed by atoms with Crippen molar-refractivity contribution < 1.29 is 23.7 Å². The van der Waals surface area contributed by atoms with Crippen molar-refractivity contribution in [3.63, 3.8) is 0 Å². The zero-order chi connectivity index (χ0) is 15.8. The van der Waals surface area contributed by atoms with Gasteiger partial charge in [0, 0.05) is 0 Å². The first kappa shape index (κ1) is 15.7. The molecule has 2 aromatic rings. The summed E-state index contributed by atoms with van der Waals surface area (Å²) >= 11 is 0. The SMILES string of the molecule is COc1ccc(OCCOc2c(C=O)cccc2OC)cc1. The summed E-state index contributed by atoms with van der Waals surface area (Å²) in [5.74, 6) is 2.45. The van der Waals surface area contributed by atoms with E-state index in [1.807, 2.05) is 24.3 Å². The minimum absolute atomic E-state index is 0.299. The number of rotatable bonds is 8. The molecule has 0 aliphatic heterocycles. The highest BCUT2D eigenvalue weighted by Crippen LogP contribution is 2.29. The summed E-state index contributed by atoms with van der Waals surface area (Å²) in [7, 11) is 3.15. The topological polar surface area (TPSA) is 54.0 Å². The smallest absolute Gasteiger partial charge is 0.171 e. The predicted molar refractivity (Wildman–Crippen MR) is 82.4 cm³/mol. The fourth-order valence-corrected chi connectivity index (χ4v) is 1.92. The first-order chi connectivity index (χ1) is 10.8. The Bertz CT molecular complexity index is 607. The molecule has 22 heavy (non-hydrogen) atoms. The highest BCUT2D eigenvalue weighted by atomic mass is 16.5. The van der Waals surface area contributed by atoms with Gasteiger partial charge in [0.15, 0.2) is 17.8 Å². The van der Waals surface area contributed by atoms with Gasteiger partial charge in [0.25, 0.3) is 0 Å². The Morgan fingerprint density at radius 3 is 2.18 bits per heavy atom. The Morgan fingerprint density at radius 1 is 0.864 bits per heavy atom. The summed E-state index contributed by atoms with van der Waals surface area (Å²) in [4.78, 5) is 11.0. The van der Waals surface area contributed by atoms with E-state index in [4.69, 9.17) is 18.9 Å². The van der Waals surface area contributed by atoms with Crippen molar-refractivity contribution in [1.82, 2.24) is 0 Å². The summed E-state index contributed by atoms with van der Waals surface area (Å²) in [5.41, 5.74) is 0.448. The molecule has 0 aromatic heterocycles. The summed E-state index contributed by atoms with van der Waals surface area (Å²) in [6, 6.07) is 12.4. The molecule has 2 aromatic carbocycles. The van der Waals surface area contributed by atoms with E-state index in [1.165, 1.54) is 7.11 Å². The van der Waals surface area contributed by atoms with Crippen molar-refractivity contribution in [3.8, 4) is 23.0 Å². The standard InChI is InChI=1S/C17H18O5/c1-19-14-6-8-15(9-7-14)21-10-11-22-17-13(12-18)4-3-5-16(17)20-2/h3-9,12H,10-11H2,1-2H3. The number of hydrogen-bond donors (Lipinski definition) is 0. The van der Waals surface area contributed by atoms with Crippen LogP contribution >= 0.6 is 0 Å². The molecular weight excluding hydrogens is 284 g/mol. The number of benzene rings is 2. The molecule has 0 unspecified atom stereocenters. The molecule has 0 N–H and O–H groups in total. The third-order valence-corrected chi connectivity index (χ3v) is 3.01. The fraction of sp³-hybridized carbons (Fsp3) is 0.235. The van der Waals surface area contributed by atoms with Crippen LogP contribution in [0, 0.1) is 0 Å². The molecule has 0 radical (unpaired) electrons. The molecule has 0 saturated carbocycles. The Balaban J connectivity index is 1.89. The summed E-state index contributed by atoms with van der Waals surface area (Å²) in [6.45, 7) is 0.649. The maximum atomic E-state index is 11.0. The maximum Gasteiger partial charge on any atom is 0.171 e. The van der Waals surface area contributed by atoms with Crippen molar-refractivity contribution in [3.05, 3.63) is 48.0 Å². The third kappa shape index (κ3) is 3.91. The van der Waals surface area contributed by atoms with E-state index in [-0.39, 0.29) is 0 Å². The van der Waals surface area contributed by atoms with Gasteiger partial charge in [0.1, 0.15) is 24.7 Å². The maximum absolute atomic E-state index is 11.0. The van der Waals surface area contributed by atoms with Crippen LogP contribution < -0.4 is 18.9 Å². The Labute approximate surface area is 129 Å². The molecule has 0 heterocycles. The quantitative estimate of drug-likeness (QED) is 0.554. The van der Waals surface area contributed by atoms with Gasteiger partial charge in [-0.25, -0.2) is 0 Å². The molecule has 2 rings (SSSR count). The van der Waals surface area contributed by atoms with Gasteiger partial charge in [-0.05, 0) is 36.4 Å². The molecule has 0 aliphatic carbocycles. The van der Waals surface area contributed by atoms with Crippen LogP contribution in [0.3, 0.4) is 0 Å². The molecule has 5 heteroatoms. The third-order valence-electron chi connectivity index (χ3n) is 3.01. The van der Waals surface area contributed by atoms with Crippen molar-refractivity contribution in [2.75, 3.05) is 27.4 Å². The van der Waals surface area contributed by atoms with Crippen molar-refractivity contribution >= 4 is 6.29 Å². The normalized spacial score (nSPS) is 9.91. The zero-order valence-electron chi connectivity index (χ0n) is 12.6. The van der Waals surface area contributed by atoms with E-state index in [0.717, 1.165) is 17.8 Å². The van der Waals surface area contributed by atoms with Gasteiger partial charge in [-0.2, -0.15) is 0 Å². The Hall–Kier alpha value is -2.69. The molecule has 0 spiro atoms. The predicted octanol–water partition coefficient (Wildman–Crippen LogP) is 2.97. The largest absolute Gasteiger partial charge is 0.497 e. The fourth-order valence-electron chi connectivity index (χ4n) is 1.92.